The fourth-order valence-electron chi connectivity index (χ4n) is 0.993. The standard InChI is InChI=1S/C11H19N/c1-6-12-11(10(4)5)8-7-9(2)3/h1,9-10H,7-8H2,2-5H3. The zero-order valence-electron chi connectivity index (χ0n) is 8.59. The highest BCUT2D eigenvalue weighted by Crippen LogP contribution is 2.09. The van der Waals surface area contributed by atoms with Crippen molar-refractivity contribution in [2.45, 2.75) is 40.5 Å². The topological polar surface area (TPSA) is 12.4 Å². The lowest BCUT2D eigenvalue weighted by molar-refractivity contribution is 0.595. The second kappa shape index (κ2) is 5.83. The molecule has 0 aromatic rings. The number of hydrogen-bond donors (Lipinski definition) is 0. The lowest BCUT2D eigenvalue weighted by Crippen LogP contribution is -2.08. The second-order valence-corrected chi connectivity index (χ2v) is 3.82. The van der Waals surface area contributed by atoms with Crippen LogP contribution in [-0.4, -0.2) is 5.71 Å². The molecular weight excluding hydrogens is 146 g/mol. The normalized spacial score (nSPS) is 12.2. The summed E-state index contributed by atoms with van der Waals surface area (Å²) in [5.41, 5.74) is 1.16. The Kier molecular flexibility index (Phi) is 5.45. The fourth-order valence-corrected chi connectivity index (χ4v) is 0.993. The van der Waals surface area contributed by atoms with Crippen LogP contribution in [0.4, 0.5) is 0 Å². The molecule has 0 fully saturated rings. The number of hydrogen-bond acceptors (Lipinski definition) is 1. The molecule has 0 bridgehead atoms. The highest BCUT2D eigenvalue weighted by atomic mass is 14.7. The van der Waals surface area contributed by atoms with Gasteiger partial charge in [0.1, 0.15) is 0 Å². The maximum Gasteiger partial charge on any atom is 0.0311 e. The second-order valence-electron chi connectivity index (χ2n) is 3.82. The SMILES string of the molecule is C#CN=C(CCC(C)C)C(C)C. The largest absolute Gasteiger partial charge is 0.207 e. The molecule has 1 nitrogen and oxygen atoms in total. The van der Waals surface area contributed by atoms with Crippen LogP contribution < -0.4 is 0 Å². The Morgan fingerprint density at radius 2 is 1.92 bits per heavy atom. The third-order valence-electron chi connectivity index (χ3n) is 1.85. The average molecular weight is 165 g/mol. The van der Waals surface area contributed by atoms with Gasteiger partial charge in [-0.05, 0) is 24.7 Å². The van der Waals surface area contributed by atoms with E-state index in [1.807, 2.05) is 0 Å². The number of nitrogens with zero attached hydrogens (tertiary/aromatic N) is 1. The Balaban J connectivity index is 4.00. The van der Waals surface area contributed by atoms with Gasteiger partial charge in [-0.1, -0.05) is 34.1 Å². The van der Waals surface area contributed by atoms with Gasteiger partial charge in [-0.2, -0.15) is 0 Å². The van der Waals surface area contributed by atoms with Crippen LogP contribution in [0.5, 0.6) is 0 Å². The number of terminal acetylenes is 1. The third-order valence-corrected chi connectivity index (χ3v) is 1.85. The summed E-state index contributed by atoms with van der Waals surface area (Å²) >= 11 is 0. The maximum absolute atomic E-state index is 5.14. The van der Waals surface area contributed by atoms with Gasteiger partial charge in [0.15, 0.2) is 0 Å². The van der Waals surface area contributed by atoms with E-state index in [4.69, 9.17) is 6.42 Å². The Labute approximate surface area is 76.3 Å². The van der Waals surface area contributed by atoms with E-state index in [0.29, 0.717) is 5.92 Å². The molecule has 0 unspecified atom stereocenters. The highest BCUT2D eigenvalue weighted by molar-refractivity contribution is 5.87. The van der Waals surface area contributed by atoms with E-state index in [1.165, 1.54) is 6.42 Å². The summed E-state index contributed by atoms with van der Waals surface area (Å²) < 4.78 is 0. The molecule has 1 heteroatoms. The minimum absolute atomic E-state index is 0.486. The van der Waals surface area contributed by atoms with Gasteiger partial charge in [0.2, 0.25) is 0 Å². The molecule has 0 N–H and O–H groups in total. The quantitative estimate of drug-likeness (QED) is 0.448. The van der Waals surface area contributed by atoms with Crippen LogP contribution in [0.1, 0.15) is 40.5 Å². The minimum Gasteiger partial charge on any atom is -0.207 e. The van der Waals surface area contributed by atoms with Crippen LogP contribution in [0.3, 0.4) is 0 Å². The van der Waals surface area contributed by atoms with Crippen molar-refractivity contribution in [1.29, 1.82) is 0 Å². The van der Waals surface area contributed by atoms with E-state index >= 15 is 0 Å². The molecule has 0 rings (SSSR count). The molecule has 12 heavy (non-hydrogen) atoms. The van der Waals surface area contributed by atoms with Crippen LogP contribution in [0, 0.1) is 24.3 Å². The van der Waals surface area contributed by atoms with Gasteiger partial charge >= 0.3 is 0 Å². The molecule has 0 saturated carbocycles. The van der Waals surface area contributed by atoms with Gasteiger partial charge in [0, 0.05) is 11.8 Å². The molecular formula is C11H19N. The van der Waals surface area contributed by atoms with Crippen molar-refractivity contribution < 1.29 is 0 Å². The highest BCUT2D eigenvalue weighted by Gasteiger charge is 2.05. The molecule has 0 aromatic carbocycles. The average Bonchev–Trinajstić information content (AvgIpc) is 1.96. The van der Waals surface area contributed by atoms with Gasteiger partial charge in [-0.15, -0.1) is 0 Å². The zero-order chi connectivity index (χ0) is 9.56. The maximum atomic E-state index is 5.14. The summed E-state index contributed by atoms with van der Waals surface area (Å²) in [7, 11) is 0. The Hall–Kier alpha value is -0.770. The van der Waals surface area contributed by atoms with Crippen molar-refractivity contribution in [2.24, 2.45) is 16.8 Å². The smallest absolute Gasteiger partial charge is 0.0311 e. The predicted molar refractivity (Wildman–Crippen MR) is 55.2 cm³/mol. The van der Waals surface area contributed by atoms with Crippen molar-refractivity contribution in [3.05, 3.63) is 0 Å². The molecule has 0 amide bonds. The third kappa shape index (κ3) is 4.96. The first-order valence-corrected chi connectivity index (χ1v) is 4.60. The predicted octanol–water partition coefficient (Wildman–Crippen LogP) is 3.11. The number of aliphatic imine (C=N–C) groups is 1. The monoisotopic (exact) mass is 165 g/mol. The lowest BCUT2D eigenvalue weighted by Gasteiger charge is -2.09. The first-order valence-electron chi connectivity index (χ1n) is 4.60. The van der Waals surface area contributed by atoms with E-state index in [2.05, 4.69) is 38.7 Å². The molecule has 0 aromatic heterocycles. The van der Waals surface area contributed by atoms with Crippen LogP contribution >= 0.6 is 0 Å². The summed E-state index contributed by atoms with van der Waals surface area (Å²) in [6, 6.07) is 2.36. The molecule has 0 atom stereocenters. The molecule has 0 spiro atoms. The van der Waals surface area contributed by atoms with Gasteiger partial charge in [-0.3, -0.25) is 0 Å². The zero-order valence-corrected chi connectivity index (χ0v) is 8.59. The fraction of sp³-hybridized carbons (Fsp3) is 0.727. The number of rotatable bonds is 4. The van der Waals surface area contributed by atoms with Crippen molar-refractivity contribution in [1.82, 2.24) is 0 Å². The van der Waals surface area contributed by atoms with Crippen molar-refractivity contribution in [3.8, 4) is 12.5 Å². The van der Waals surface area contributed by atoms with Crippen molar-refractivity contribution in [2.75, 3.05) is 0 Å². The molecule has 0 saturated heterocycles. The summed E-state index contributed by atoms with van der Waals surface area (Å²) in [5.74, 6) is 1.21. The Bertz CT molecular complexity index is 182. The molecule has 0 radical (unpaired) electrons. The van der Waals surface area contributed by atoms with E-state index < -0.39 is 0 Å². The van der Waals surface area contributed by atoms with Gasteiger partial charge in [0.05, 0.1) is 0 Å². The van der Waals surface area contributed by atoms with E-state index in [0.717, 1.165) is 18.1 Å². The summed E-state index contributed by atoms with van der Waals surface area (Å²) in [6.45, 7) is 8.70. The first-order chi connectivity index (χ1) is 5.57. The summed E-state index contributed by atoms with van der Waals surface area (Å²) in [4.78, 5) is 4.04. The summed E-state index contributed by atoms with van der Waals surface area (Å²) in [5, 5.41) is 0. The minimum atomic E-state index is 0.486. The van der Waals surface area contributed by atoms with E-state index in [9.17, 15) is 0 Å². The molecule has 0 aliphatic rings. The van der Waals surface area contributed by atoms with Crippen molar-refractivity contribution in [3.63, 3.8) is 0 Å². The van der Waals surface area contributed by atoms with Crippen LogP contribution in [-0.2, 0) is 0 Å². The van der Waals surface area contributed by atoms with Crippen LogP contribution in [0.2, 0.25) is 0 Å². The first kappa shape index (κ1) is 11.2. The Morgan fingerprint density at radius 3 is 2.25 bits per heavy atom. The van der Waals surface area contributed by atoms with E-state index in [1.54, 1.807) is 0 Å². The van der Waals surface area contributed by atoms with Gasteiger partial charge in [-0.25, -0.2) is 4.99 Å². The van der Waals surface area contributed by atoms with Gasteiger partial charge in [0.25, 0.3) is 0 Å². The van der Waals surface area contributed by atoms with E-state index in [-0.39, 0.29) is 0 Å². The molecule has 0 aliphatic carbocycles. The van der Waals surface area contributed by atoms with Crippen LogP contribution in [0.25, 0.3) is 0 Å². The molecule has 0 aliphatic heterocycles. The molecule has 0 heterocycles. The lowest BCUT2D eigenvalue weighted by atomic mass is 9.99. The Morgan fingerprint density at radius 1 is 1.33 bits per heavy atom. The van der Waals surface area contributed by atoms with Crippen LogP contribution in [0.15, 0.2) is 4.99 Å². The summed E-state index contributed by atoms with van der Waals surface area (Å²) in [6.07, 6.45) is 7.36. The van der Waals surface area contributed by atoms with Gasteiger partial charge < -0.3 is 0 Å². The molecule has 68 valence electrons. The van der Waals surface area contributed by atoms with Crippen molar-refractivity contribution >= 4 is 5.71 Å².